The van der Waals surface area contributed by atoms with E-state index in [1.807, 2.05) is 31.2 Å². The minimum absolute atomic E-state index is 0.281. The number of aromatic nitrogens is 2. The van der Waals surface area contributed by atoms with Crippen LogP contribution in [0, 0.1) is 6.92 Å². The summed E-state index contributed by atoms with van der Waals surface area (Å²) in [5.41, 5.74) is 7.50. The predicted molar refractivity (Wildman–Crippen MR) is 101 cm³/mol. The predicted octanol–water partition coefficient (Wildman–Crippen LogP) is 2.04. The number of benzene rings is 2. The lowest BCUT2D eigenvalue weighted by Crippen LogP contribution is -2.41. The molecule has 0 bridgehead atoms. The van der Waals surface area contributed by atoms with E-state index in [1.54, 1.807) is 10.9 Å². The summed E-state index contributed by atoms with van der Waals surface area (Å²) in [6.45, 7) is 1.98. The van der Waals surface area contributed by atoms with Gasteiger partial charge < -0.3 is 4.74 Å². The summed E-state index contributed by atoms with van der Waals surface area (Å²) in [5.74, 6) is -1.51. The van der Waals surface area contributed by atoms with Crippen molar-refractivity contribution in [3.63, 3.8) is 0 Å². The summed E-state index contributed by atoms with van der Waals surface area (Å²) in [6, 6.07) is 13.5. The van der Waals surface area contributed by atoms with E-state index in [9.17, 15) is 14.4 Å². The third-order valence-electron chi connectivity index (χ3n) is 4.00. The molecule has 0 aliphatic carbocycles. The van der Waals surface area contributed by atoms with Crippen molar-refractivity contribution >= 4 is 17.8 Å². The molecule has 0 aliphatic rings. The number of hydrazine groups is 1. The van der Waals surface area contributed by atoms with E-state index in [2.05, 4.69) is 20.7 Å². The van der Waals surface area contributed by atoms with Gasteiger partial charge in [0.05, 0.1) is 30.1 Å². The number of carbonyl (C=O) groups is 3. The molecule has 1 aromatic heterocycles. The Balaban J connectivity index is 1.60. The van der Waals surface area contributed by atoms with Gasteiger partial charge in [-0.1, -0.05) is 17.7 Å². The number of rotatable bonds is 4. The molecule has 8 nitrogen and oxygen atoms in total. The molecular formula is C20H18N4O4. The number of ether oxygens (including phenoxy) is 1. The van der Waals surface area contributed by atoms with E-state index in [-0.39, 0.29) is 5.56 Å². The van der Waals surface area contributed by atoms with Crippen LogP contribution in [0.4, 0.5) is 0 Å². The van der Waals surface area contributed by atoms with Crippen LogP contribution < -0.4 is 10.9 Å². The topological polar surface area (TPSA) is 102 Å². The van der Waals surface area contributed by atoms with Crippen LogP contribution in [0.25, 0.3) is 5.69 Å². The second-order valence-electron chi connectivity index (χ2n) is 5.99. The van der Waals surface area contributed by atoms with E-state index in [4.69, 9.17) is 0 Å². The van der Waals surface area contributed by atoms with Gasteiger partial charge >= 0.3 is 5.97 Å². The van der Waals surface area contributed by atoms with E-state index in [0.29, 0.717) is 11.1 Å². The van der Waals surface area contributed by atoms with E-state index in [0.717, 1.165) is 11.3 Å². The monoisotopic (exact) mass is 378 g/mol. The van der Waals surface area contributed by atoms with Crippen molar-refractivity contribution in [2.75, 3.05) is 7.11 Å². The van der Waals surface area contributed by atoms with Gasteiger partial charge in [-0.15, -0.1) is 0 Å². The minimum Gasteiger partial charge on any atom is -0.465 e. The van der Waals surface area contributed by atoms with Gasteiger partial charge in [0.15, 0.2) is 0 Å². The first kappa shape index (κ1) is 18.8. The van der Waals surface area contributed by atoms with Gasteiger partial charge in [-0.05, 0) is 43.3 Å². The quantitative estimate of drug-likeness (QED) is 0.534. The Morgan fingerprint density at radius 3 is 2.04 bits per heavy atom. The molecule has 142 valence electrons. The van der Waals surface area contributed by atoms with Crippen LogP contribution in [-0.2, 0) is 4.74 Å². The molecule has 0 saturated carbocycles. The third kappa shape index (κ3) is 4.24. The maximum atomic E-state index is 12.2. The summed E-state index contributed by atoms with van der Waals surface area (Å²) in [6.07, 6.45) is 2.98. The molecule has 0 spiro atoms. The molecule has 8 heteroatoms. The van der Waals surface area contributed by atoms with E-state index < -0.39 is 17.8 Å². The average molecular weight is 378 g/mol. The normalized spacial score (nSPS) is 10.2. The van der Waals surface area contributed by atoms with Crippen LogP contribution in [0.3, 0.4) is 0 Å². The number of esters is 1. The Kier molecular flexibility index (Phi) is 5.50. The van der Waals surface area contributed by atoms with Crippen molar-refractivity contribution in [1.29, 1.82) is 0 Å². The van der Waals surface area contributed by atoms with Crippen LogP contribution in [0.15, 0.2) is 60.9 Å². The molecule has 28 heavy (non-hydrogen) atoms. The molecule has 3 aromatic rings. The van der Waals surface area contributed by atoms with Gasteiger partial charge in [-0.3, -0.25) is 20.4 Å². The largest absolute Gasteiger partial charge is 0.465 e. The minimum atomic E-state index is -0.518. The molecule has 0 aliphatic heterocycles. The molecule has 0 saturated heterocycles. The lowest BCUT2D eigenvalue weighted by atomic mass is 10.1. The fraction of sp³-hybridized carbons (Fsp3) is 0.100. The van der Waals surface area contributed by atoms with Crippen LogP contribution >= 0.6 is 0 Å². The fourth-order valence-electron chi connectivity index (χ4n) is 2.41. The van der Waals surface area contributed by atoms with Gasteiger partial charge in [-0.25, -0.2) is 9.48 Å². The summed E-state index contributed by atoms with van der Waals surface area (Å²) >= 11 is 0. The number of amides is 2. The van der Waals surface area contributed by atoms with Crippen molar-refractivity contribution in [1.82, 2.24) is 20.6 Å². The Bertz CT molecular complexity index is 1010. The van der Waals surface area contributed by atoms with Crippen molar-refractivity contribution in [2.24, 2.45) is 0 Å². The maximum absolute atomic E-state index is 12.2. The number of aryl methyl sites for hydroxylation is 1. The van der Waals surface area contributed by atoms with Crippen LogP contribution in [0.1, 0.15) is 36.6 Å². The van der Waals surface area contributed by atoms with Gasteiger partial charge in [0.25, 0.3) is 11.8 Å². The van der Waals surface area contributed by atoms with E-state index in [1.165, 1.54) is 37.6 Å². The standard InChI is InChI=1S/C20H18N4O4/c1-13-3-9-17(10-4-13)24-12-16(11-21-24)19(26)23-22-18(25)14-5-7-15(8-6-14)20(27)28-2/h3-12H,1-2H3,(H,22,25)(H,23,26). The molecule has 2 N–H and O–H groups in total. The first-order chi connectivity index (χ1) is 13.5. The zero-order valence-electron chi connectivity index (χ0n) is 15.3. The van der Waals surface area contributed by atoms with Gasteiger partial charge in [-0.2, -0.15) is 5.10 Å². The lowest BCUT2D eigenvalue weighted by molar-refractivity contribution is 0.0600. The summed E-state index contributed by atoms with van der Waals surface area (Å²) in [7, 11) is 1.28. The number of hydrogen-bond donors (Lipinski definition) is 2. The summed E-state index contributed by atoms with van der Waals surface area (Å²) < 4.78 is 6.17. The molecule has 0 radical (unpaired) electrons. The van der Waals surface area contributed by atoms with Crippen LogP contribution in [0.2, 0.25) is 0 Å². The number of nitrogens with zero attached hydrogens (tertiary/aromatic N) is 2. The van der Waals surface area contributed by atoms with Crippen molar-refractivity contribution in [2.45, 2.75) is 6.92 Å². The molecule has 0 atom stereocenters. The van der Waals surface area contributed by atoms with Crippen LogP contribution in [0.5, 0.6) is 0 Å². The van der Waals surface area contributed by atoms with Crippen molar-refractivity contribution in [3.05, 3.63) is 83.2 Å². The number of hydrogen-bond acceptors (Lipinski definition) is 5. The summed E-state index contributed by atoms with van der Waals surface area (Å²) in [4.78, 5) is 35.7. The van der Waals surface area contributed by atoms with Crippen LogP contribution in [-0.4, -0.2) is 34.7 Å². The zero-order chi connectivity index (χ0) is 20.1. The van der Waals surface area contributed by atoms with Crippen molar-refractivity contribution in [3.8, 4) is 5.69 Å². The molecule has 1 heterocycles. The molecule has 3 rings (SSSR count). The summed E-state index contributed by atoms with van der Waals surface area (Å²) in [5, 5.41) is 4.16. The lowest BCUT2D eigenvalue weighted by Gasteiger charge is -2.07. The molecular weight excluding hydrogens is 360 g/mol. The molecule has 2 aromatic carbocycles. The first-order valence-electron chi connectivity index (χ1n) is 8.38. The van der Waals surface area contributed by atoms with E-state index >= 15 is 0 Å². The Morgan fingerprint density at radius 2 is 1.43 bits per heavy atom. The highest BCUT2D eigenvalue weighted by Gasteiger charge is 2.12. The highest BCUT2D eigenvalue weighted by atomic mass is 16.5. The average Bonchev–Trinajstić information content (AvgIpc) is 3.22. The third-order valence-corrected chi connectivity index (χ3v) is 4.00. The highest BCUT2D eigenvalue weighted by molar-refractivity contribution is 5.99. The number of carbonyl (C=O) groups excluding carboxylic acids is 3. The highest BCUT2D eigenvalue weighted by Crippen LogP contribution is 2.10. The number of nitrogens with one attached hydrogen (secondary N) is 2. The van der Waals surface area contributed by atoms with Gasteiger partial charge in [0, 0.05) is 11.8 Å². The molecule has 2 amide bonds. The van der Waals surface area contributed by atoms with Gasteiger partial charge in [0.1, 0.15) is 0 Å². The van der Waals surface area contributed by atoms with Gasteiger partial charge in [0.2, 0.25) is 0 Å². The fourth-order valence-corrected chi connectivity index (χ4v) is 2.41. The Morgan fingerprint density at radius 1 is 0.857 bits per heavy atom. The first-order valence-corrected chi connectivity index (χ1v) is 8.38. The van der Waals surface area contributed by atoms with Crippen molar-refractivity contribution < 1.29 is 19.1 Å². The maximum Gasteiger partial charge on any atom is 0.337 e. The number of methoxy groups -OCH3 is 1. The Labute approximate surface area is 161 Å². The SMILES string of the molecule is COC(=O)c1ccc(C(=O)NNC(=O)c2cnn(-c3ccc(C)cc3)c2)cc1. The second-order valence-corrected chi connectivity index (χ2v) is 5.99. The zero-order valence-corrected chi connectivity index (χ0v) is 15.3. The Hall–Kier alpha value is -3.94. The second kappa shape index (κ2) is 8.17. The smallest absolute Gasteiger partial charge is 0.337 e. The molecule has 0 unspecified atom stereocenters. The molecule has 0 fully saturated rings.